The Labute approximate surface area is 335 Å². The van der Waals surface area contributed by atoms with Crippen LogP contribution in [-0.4, -0.2) is 158 Å². The van der Waals surface area contributed by atoms with Crippen molar-refractivity contribution in [3.8, 4) is 0 Å². The zero-order chi connectivity index (χ0) is 39.6. The third kappa shape index (κ3) is 53.0. The van der Waals surface area contributed by atoms with E-state index in [0.717, 1.165) is 13.0 Å². The Morgan fingerprint density at radius 1 is 0.255 bits per heavy atom. The molecule has 0 saturated heterocycles. The lowest BCUT2D eigenvalue weighted by Gasteiger charge is -2.09. The van der Waals surface area contributed by atoms with Crippen molar-refractivity contribution >= 4 is 5.97 Å². The number of rotatable bonds is 50. The Balaban J connectivity index is 3.06. The summed E-state index contributed by atoms with van der Waals surface area (Å²) in [5, 5.41) is 0. The van der Waals surface area contributed by atoms with Crippen molar-refractivity contribution in [1.82, 2.24) is 0 Å². The summed E-state index contributed by atoms with van der Waals surface area (Å²) in [6.45, 7) is 15.5. The Morgan fingerprint density at radius 2 is 0.436 bits per heavy atom. The van der Waals surface area contributed by atoms with Crippen LogP contribution in [0.1, 0.15) is 117 Å². The van der Waals surface area contributed by atoms with Crippen molar-refractivity contribution in [2.45, 2.75) is 117 Å². The molecule has 0 aromatic carbocycles. The van der Waals surface area contributed by atoms with Gasteiger partial charge in [-0.3, -0.25) is 4.79 Å². The molecule has 0 bridgehead atoms. The molecule has 13 nitrogen and oxygen atoms in total. The number of hydrogen-bond donors (Lipinski definition) is 0. The molecule has 0 saturated carbocycles. The minimum atomic E-state index is -0.308. The van der Waals surface area contributed by atoms with Crippen molar-refractivity contribution in [2.75, 3.05) is 152 Å². The second kappa shape index (κ2) is 51.0. The highest BCUT2D eigenvalue weighted by molar-refractivity contribution is 5.65. The van der Waals surface area contributed by atoms with Gasteiger partial charge >= 0.3 is 5.97 Å². The van der Waals surface area contributed by atoms with Crippen LogP contribution in [0, 0.1) is 0 Å². The molecule has 0 rings (SSSR count). The Kier molecular flexibility index (Phi) is 50.1. The van der Waals surface area contributed by atoms with E-state index >= 15 is 0 Å². The maximum atomic E-state index is 10.6. The Hall–Kier alpha value is -0.970. The molecule has 0 aromatic rings. The van der Waals surface area contributed by atoms with E-state index in [-0.39, 0.29) is 12.6 Å². The van der Waals surface area contributed by atoms with E-state index in [1.54, 1.807) is 0 Å². The maximum absolute atomic E-state index is 10.6. The molecule has 0 radical (unpaired) electrons. The standard InChI is InChI=1S/C42H84O13/c1-3-4-5-6-7-8-9-10-11-12-13-14-15-16-17-18-19-44-20-21-45-22-23-46-24-25-47-26-27-48-28-29-49-30-31-50-32-33-51-34-35-52-36-37-53-38-39-54-40-41-55-42(2)43/h3-41H2,1-2H3. The molecule has 0 unspecified atom stereocenters. The molecule has 0 spiro atoms. The predicted octanol–water partition coefficient (Wildman–Crippen LogP) is 6.99. The van der Waals surface area contributed by atoms with Crippen LogP contribution in [0.4, 0.5) is 0 Å². The van der Waals surface area contributed by atoms with Crippen LogP contribution in [-0.2, 0) is 61.6 Å². The highest BCUT2D eigenvalue weighted by Crippen LogP contribution is 2.13. The van der Waals surface area contributed by atoms with Crippen LogP contribution in [0.2, 0.25) is 0 Å². The van der Waals surface area contributed by atoms with Gasteiger partial charge in [0.15, 0.2) is 0 Å². The number of esters is 1. The van der Waals surface area contributed by atoms with E-state index in [4.69, 9.17) is 56.8 Å². The minimum absolute atomic E-state index is 0.260. The fourth-order valence-corrected chi connectivity index (χ4v) is 5.30. The number of ether oxygens (including phenoxy) is 12. The summed E-state index contributed by atoms with van der Waals surface area (Å²) >= 11 is 0. The quantitative estimate of drug-likeness (QED) is 0.0464. The van der Waals surface area contributed by atoms with Gasteiger partial charge in [0.25, 0.3) is 0 Å². The highest BCUT2D eigenvalue weighted by Gasteiger charge is 1.99. The van der Waals surface area contributed by atoms with Gasteiger partial charge in [0.2, 0.25) is 0 Å². The van der Waals surface area contributed by atoms with E-state index in [9.17, 15) is 4.79 Å². The van der Waals surface area contributed by atoms with E-state index in [1.807, 2.05) is 0 Å². The fourth-order valence-electron chi connectivity index (χ4n) is 5.30. The van der Waals surface area contributed by atoms with Gasteiger partial charge in [-0.2, -0.15) is 0 Å². The number of carbonyl (C=O) groups is 1. The second-order valence-electron chi connectivity index (χ2n) is 13.4. The molecule has 0 aliphatic carbocycles. The molecule has 0 N–H and O–H groups in total. The first-order valence-corrected chi connectivity index (χ1v) is 21.8. The topological polar surface area (TPSA) is 128 Å². The lowest BCUT2D eigenvalue weighted by molar-refractivity contribution is -0.142. The van der Waals surface area contributed by atoms with E-state index in [1.165, 1.54) is 103 Å². The summed E-state index contributed by atoms with van der Waals surface area (Å²) in [7, 11) is 0. The molecule has 0 heterocycles. The molecule has 0 fully saturated rings. The van der Waals surface area contributed by atoms with Crippen LogP contribution in [0.5, 0.6) is 0 Å². The second-order valence-corrected chi connectivity index (χ2v) is 13.4. The maximum Gasteiger partial charge on any atom is 0.302 e. The third-order valence-electron chi connectivity index (χ3n) is 8.40. The van der Waals surface area contributed by atoms with Crippen molar-refractivity contribution in [3.63, 3.8) is 0 Å². The Morgan fingerprint density at radius 3 is 0.655 bits per heavy atom. The van der Waals surface area contributed by atoms with Crippen molar-refractivity contribution in [2.24, 2.45) is 0 Å². The average Bonchev–Trinajstić information content (AvgIpc) is 3.18. The van der Waals surface area contributed by atoms with Gasteiger partial charge in [0.05, 0.1) is 139 Å². The van der Waals surface area contributed by atoms with E-state index in [2.05, 4.69) is 6.92 Å². The largest absolute Gasteiger partial charge is 0.463 e. The lowest BCUT2D eigenvalue weighted by Crippen LogP contribution is -2.15. The number of unbranched alkanes of at least 4 members (excludes halogenated alkanes) is 15. The lowest BCUT2D eigenvalue weighted by atomic mass is 10.0. The van der Waals surface area contributed by atoms with Crippen molar-refractivity contribution < 1.29 is 61.6 Å². The monoisotopic (exact) mass is 797 g/mol. The first-order valence-electron chi connectivity index (χ1n) is 21.8. The van der Waals surface area contributed by atoms with E-state index in [0.29, 0.717) is 139 Å². The SMILES string of the molecule is CCCCCCCCCCCCCCCCCCOCCOCCOCCOCCOCCOCCOCCOCCOCCOCCOCCOC(C)=O. The van der Waals surface area contributed by atoms with E-state index < -0.39 is 0 Å². The molecule has 0 atom stereocenters. The van der Waals surface area contributed by atoms with Crippen LogP contribution < -0.4 is 0 Å². The van der Waals surface area contributed by atoms with Gasteiger partial charge in [-0.1, -0.05) is 103 Å². The summed E-state index contributed by atoms with van der Waals surface area (Å²) in [6.07, 6.45) is 22.2. The molecule has 0 aliphatic rings. The van der Waals surface area contributed by atoms with Gasteiger partial charge in [-0.05, 0) is 6.42 Å². The predicted molar refractivity (Wildman–Crippen MR) is 215 cm³/mol. The summed E-state index contributed by atoms with van der Waals surface area (Å²) in [5.41, 5.74) is 0. The average molecular weight is 797 g/mol. The normalized spacial score (nSPS) is 11.5. The van der Waals surface area contributed by atoms with Gasteiger partial charge in [0.1, 0.15) is 6.61 Å². The Bertz CT molecular complexity index is 704. The van der Waals surface area contributed by atoms with Crippen LogP contribution in [0.3, 0.4) is 0 Å². The number of hydrogen-bond acceptors (Lipinski definition) is 13. The van der Waals surface area contributed by atoms with Gasteiger partial charge in [0, 0.05) is 13.5 Å². The molecular formula is C42H84O13. The smallest absolute Gasteiger partial charge is 0.302 e. The van der Waals surface area contributed by atoms with Crippen LogP contribution in [0.15, 0.2) is 0 Å². The molecule has 0 aromatic heterocycles. The summed E-state index contributed by atoms with van der Waals surface area (Å²) in [6, 6.07) is 0. The molecule has 13 heteroatoms. The zero-order valence-electron chi connectivity index (χ0n) is 35.4. The third-order valence-corrected chi connectivity index (χ3v) is 8.40. The summed E-state index contributed by atoms with van der Waals surface area (Å²) in [5.74, 6) is -0.308. The molecule has 55 heavy (non-hydrogen) atoms. The minimum Gasteiger partial charge on any atom is -0.463 e. The fraction of sp³-hybridized carbons (Fsp3) is 0.976. The summed E-state index contributed by atoms with van der Waals surface area (Å²) in [4.78, 5) is 10.6. The molecule has 0 aliphatic heterocycles. The van der Waals surface area contributed by atoms with Crippen LogP contribution in [0.25, 0.3) is 0 Å². The summed E-state index contributed by atoms with van der Waals surface area (Å²) < 4.78 is 65.2. The molecule has 330 valence electrons. The highest BCUT2D eigenvalue weighted by atomic mass is 16.6. The van der Waals surface area contributed by atoms with Gasteiger partial charge in [-0.25, -0.2) is 0 Å². The van der Waals surface area contributed by atoms with Crippen LogP contribution >= 0.6 is 0 Å². The van der Waals surface area contributed by atoms with Crippen molar-refractivity contribution in [3.05, 3.63) is 0 Å². The molecular weight excluding hydrogens is 712 g/mol. The molecule has 0 amide bonds. The first kappa shape index (κ1) is 54.0. The van der Waals surface area contributed by atoms with Gasteiger partial charge < -0.3 is 56.8 Å². The van der Waals surface area contributed by atoms with Crippen molar-refractivity contribution in [1.29, 1.82) is 0 Å². The van der Waals surface area contributed by atoms with Gasteiger partial charge in [-0.15, -0.1) is 0 Å². The first-order chi connectivity index (χ1) is 27.3. The zero-order valence-corrected chi connectivity index (χ0v) is 35.4. The number of carbonyl (C=O) groups excluding carboxylic acids is 1.